The van der Waals surface area contributed by atoms with Crippen LogP contribution in [-0.4, -0.2) is 80.0 Å². The highest BCUT2D eigenvalue weighted by molar-refractivity contribution is 7.88. The number of alkyl halides is 3. The topological polar surface area (TPSA) is 100 Å². The van der Waals surface area contributed by atoms with Gasteiger partial charge >= 0.3 is 12.1 Å². The Morgan fingerprint density at radius 3 is 2.40 bits per heavy atom. The average molecular weight is 456 g/mol. The minimum absolute atomic E-state index is 0.108. The van der Waals surface area contributed by atoms with Crippen LogP contribution in [0.4, 0.5) is 13.2 Å². The first-order valence-electron chi connectivity index (χ1n) is 9.57. The molecule has 8 nitrogen and oxygen atoms in total. The Morgan fingerprint density at radius 2 is 1.87 bits per heavy atom. The van der Waals surface area contributed by atoms with Crippen molar-refractivity contribution in [1.82, 2.24) is 9.21 Å². The molecule has 0 spiro atoms. The number of fused-ring (bicyclic) bond motifs is 1. The number of halogens is 3. The molecule has 1 aromatic heterocycles. The zero-order chi connectivity index (χ0) is 22.5. The highest BCUT2D eigenvalue weighted by Crippen LogP contribution is 2.26. The van der Waals surface area contributed by atoms with E-state index in [1.165, 1.54) is 6.26 Å². The lowest BCUT2D eigenvalue weighted by molar-refractivity contribution is -0.192. The Kier molecular flexibility index (Phi) is 8.31. The summed E-state index contributed by atoms with van der Waals surface area (Å²) in [7, 11) is -3.14. The Bertz CT molecular complexity index is 811. The van der Waals surface area contributed by atoms with Crippen molar-refractivity contribution in [3.05, 3.63) is 23.7 Å². The lowest BCUT2D eigenvalue weighted by Gasteiger charge is -2.37. The highest BCUT2D eigenvalue weighted by Gasteiger charge is 2.38. The van der Waals surface area contributed by atoms with Crippen molar-refractivity contribution in [2.24, 2.45) is 5.92 Å². The van der Waals surface area contributed by atoms with E-state index in [-0.39, 0.29) is 12.0 Å². The highest BCUT2D eigenvalue weighted by atomic mass is 32.2. The summed E-state index contributed by atoms with van der Waals surface area (Å²) in [4.78, 5) is 11.2. The molecule has 0 aromatic carbocycles. The van der Waals surface area contributed by atoms with E-state index in [1.807, 2.05) is 12.1 Å². The van der Waals surface area contributed by atoms with Gasteiger partial charge in [-0.05, 0) is 25.1 Å². The van der Waals surface area contributed by atoms with Gasteiger partial charge in [-0.25, -0.2) is 13.2 Å². The third kappa shape index (κ3) is 7.25. The molecule has 1 aromatic rings. The normalized spacial score (nSPS) is 23.8. The number of hydrogen-bond acceptors (Lipinski definition) is 6. The molecular weight excluding hydrogens is 429 g/mol. The molecule has 12 heteroatoms. The van der Waals surface area contributed by atoms with E-state index in [1.54, 1.807) is 4.31 Å². The lowest BCUT2D eigenvalue weighted by Crippen LogP contribution is -2.47. The number of nitrogens with zero attached hydrogens (tertiary/aromatic N) is 2. The monoisotopic (exact) mass is 456 g/mol. The number of aryl methyl sites for hydroxylation is 1. The van der Waals surface area contributed by atoms with E-state index in [9.17, 15) is 21.6 Å². The van der Waals surface area contributed by atoms with Crippen LogP contribution >= 0.6 is 0 Å². The minimum Gasteiger partial charge on any atom is -0.475 e. The molecular formula is C18H27F3N2O6S. The zero-order valence-corrected chi connectivity index (χ0v) is 17.7. The standard InChI is InChI=1S/C16H26N2O4S.C2HF3O2/c1-3-14-4-5-15(22-14)11-17-7-6-13-10-18(23(2,19)20)8-9-21-16(13)12-17;3-2(4,5)1(6)7/h4-5,13,16H,3,6-12H2,1-2H3;(H,6,7)/t13-,16-;/m1./s1. The number of carbonyl (C=O) groups is 1. The third-order valence-corrected chi connectivity index (χ3v) is 6.32. The van der Waals surface area contributed by atoms with Crippen LogP contribution in [0, 0.1) is 5.92 Å². The molecule has 0 unspecified atom stereocenters. The smallest absolute Gasteiger partial charge is 0.475 e. The quantitative estimate of drug-likeness (QED) is 0.739. The van der Waals surface area contributed by atoms with Crippen LogP contribution in [0.5, 0.6) is 0 Å². The van der Waals surface area contributed by atoms with Gasteiger partial charge < -0.3 is 14.3 Å². The van der Waals surface area contributed by atoms with Gasteiger partial charge in [0.15, 0.2) is 0 Å². The average Bonchev–Trinajstić information content (AvgIpc) is 2.97. The summed E-state index contributed by atoms with van der Waals surface area (Å²) in [6.07, 6.45) is -1.83. The summed E-state index contributed by atoms with van der Waals surface area (Å²) >= 11 is 0. The SMILES string of the molecule is CCc1ccc(CN2CC[C@@H]3CN(S(C)(=O)=O)CCO[C@@H]3C2)o1.O=C(O)C(F)(F)F. The molecule has 3 heterocycles. The van der Waals surface area contributed by atoms with E-state index in [4.69, 9.17) is 19.1 Å². The fourth-order valence-corrected chi connectivity index (χ4v) is 4.32. The number of sulfonamides is 1. The summed E-state index contributed by atoms with van der Waals surface area (Å²) in [5.74, 6) is -0.463. The predicted octanol–water partition coefficient (Wildman–Crippen LogP) is 1.96. The van der Waals surface area contributed by atoms with Gasteiger partial charge in [-0.3, -0.25) is 4.90 Å². The van der Waals surface area contributed by atoms with Gasteiger partial charge in [0.1, 0.15) is 11.5 Å². The summed E-state index contributed by atoms with van der Waals surface area (Å²) in [6.45, 7) is 6.18. The molecule has 172 valence electrons. The third-order valence-electron chi connectivity index (χ3n) is 5.05. The maximum atomic E-state index is 11.8. The van der Waals surface area contributed by atoms with E-state index >= 15 is 0 Å². The van der Waals surface area contributed by atoms with E-state index < -0.39 is 22.2 Å². The van der Waals surface area contributed by atoms with Gasteiger partial charge in [-0.2, -0.15) is 17.5 Å². The Labute approximate surface area is 173 Å². The van der Waals surface area contributed by atoms with Crippen LogP contribution in [0.1, 0.15) is 24.9 Å². The maximum Gasteiger partial charge on any atom is 0.490 e. The molecule has 2 fully saturated rings. The molecule has 1 N–H and O–H groups in total. The molecule has 0 radical (unpaired) electrons. The molecule has 2 atom stereocenters. The molecule has 3 rings (SSSR count). The van der Waals surface area contributed by atoms with E-state index in [0.29, 0.717) is 19.7 Å². The number of ether oxygens (including phenoxy) is 1. The fourth-order valence-electron chi connectivity index (χ4n) is 3.45. The second kappa shape index (κ2) is 10.1. The van der Waals surface area contributed by atoms with Crippen LogP contribution < -0.4 is 0 Å². The fraction of sp³-hybridized carbons (Fsp3) is 0.722. The van der Waals surface area contributed by atoms with Crippen molar-refractivity contribution in [1.29, 1.82) is 0 Å². The van der Waals surface area contributed by atoms with Crippen LogP contribution in [0.3, 0.4) is 0 Å². The van der Waals surface area contributed by atoms with Crippen LogP contribution in [-0.2, 0) is 32.5 Å². The minimum atomic E-state index is -5.08. The number of aliphatic carboxylic acids is 1. The predicted molar refractivity (Wildman–Crippen MR) is 101 cm³/mol. The first kappa shape index (κ1) is 24.6. The Hall–Kier alpha value is -1.63. The van der Waals surface area contributed by atoms with Gasteiger partial charge in [0.2, 0.25) is 10.0 Å². The Balaban J connectivity index is 0.000000396. The molecule has 2 aliphatic rings. The zero-order valence-electron chi connectivity index (χ0n) is 16.9. The van der Waals surface area contributed by atoms with Crippen LogP contribution in [0.2, 0.25) is 0 Å². The first-order valence-corrected chi connectivity index (χ1v) is 11.4. The number of carboxylic acids is 1. The van der Waals surface area contributed by atoms with Crippen LogP contribution in [0.15, 0.2) is 16.5 Å². The number of likely N-dealkylation sites (tertiary alicyclic amines) is 1. The summed E-state index contributed by atoms with van der Waals surface area (Å²) in [5, 5.41) is 7.12. The van der Waals surface area contributed by atoms with Crippen molar-refractivity contribution in [3.63, 3.8) is 0 Å². The van der Waals surface area contributed by atoms with Gasteiger partial charge in [-0.15, -0.1) is 0 Å². The van der Waals surface area contributed by atoms with Gasteiger partial charge in [-0.1, -0.05) is 6.92 Å². The van der Waals surface area contributed by atoms with Crippen molar-refractivity contribution >= 4 is 16.0 Å². The van der Waals surface area contributed by atoms with E-state index in [2.05, 4.69) is 11.8 Å². The van der Waals surface area contributed by atoms with Gasteiger partial charge in [0.05, 0.1) is 25.5 Å². The lowest BCUT2D eigenvalue weighted by atomic mass is 9.93. The molecule has 0 saturated carbocycles. The van der Waals surface area contributed by atoms with Crippen LogP contribution in [0.25, 0.3) is 0 Å². The molecule has 0 bridgehead atoms. The molecule has 2 saturated heterocycles. The number of hydrogen-bond donors (Lipinski definition) is 1. The maximum absolute atomic E-state index is 11.8. The van der Waals surface area contributed by atoms with Gasteiger partial charge in [0.25, 0.3) is 0 Å². The largest absolute Gasteiger partial charge is 0.490 e. The number of piperidine rings is 1. The number of rotatable bonds is 4. The van der Waals surface area contributed by atoms with Crippen molar-refractivity contribution < 1.29 is 40.6 Å². The van der Waals surface area contributed by atoms with Crippen molar-refractivity contribution in [2.75, 3.05) is 39.0 Å². The Morgan fingerprint density at radius 1 is 1.23 bits per heavy atom. The van der Waals surface area contributed by atoms with Crippen molar-refractivity contribution in [3.8, 4) is 0 Å². The summed E-state index contributed by atoms with van der Waals surface area (Å²) < 4.78 is 68.6. The summed E-state index contributed by atoms with van der Waals surface area (Å²) in [6, 6.07) is 4.08. The number of furan rings is 1. The van der Waals surface area contributed by atoms with E-state index in [0.717, 1.165) is 44.0 Å². The second-order valence-corrected chi connectivity index (χ2v) is 9.32. The molecule has 30 heavy (non-hydrogen) atoms. The molecule has 0 amide bonds. The van der Waals surface area contributed by atoms with Gasteiger partial charge in [0, 0.05) is 32.0 Å². The number of carboxylic acid groups (broad SMARTS) is 1. The second-order valence-electron chi connectivity index (χ2n) is 7.34. The first-order chi connectivity index (χ1) is 13.9. The summed E-state index contributed by atoms with van der Waals surface area (Å²) in [5.41, 5.74) is 0. The molecule has 0 aliphatic carbocycles. The van der Waals surface area contributed by atoms with Crippen molar-refractivity contribution in [2.45, 2.75) is 38.6 Å². The molecule has 2 aliphatic heterocycles.